The van der Waals surface area contributed by atoms with Crippen LogP contribution in [-0.2, 0) is 11.2 Å². The normalized spacial score (nSPS) is 20.9. The van der Waals surface area contributed by atoms with Crippen molar-refractivity contribution in [2.75, 3.05) is 25.6 Å². The first-order chi connectivity index (χ1) is 9.83. The van der Waals surface area contributed by atoms with E-state index in [2.05, 4.69) is 9.97 Å². The minimum absolute atomic E-state index is 0.0756. The van der Waals surface area contributed by atoms with Gasteiger partial charge in [-0.25, -0.2) is 9.97 Å². The van der Waals surface area contributed by atoms with Gasteiger partial charge in [0.1, 0.15) is 18.2 Å². The second kappa shape index (κ2) is 4.49. The Hall–Kier alpha value is -2.08. The summed E-state index contributed by atoms with van der Waals surface area (Å²) in [5, 5.41) is 0.825. The van der Waals surface area contributed by atoms with Crippen molar-refractivity contribution in [1.29, 1.82) is 0 Å². The predicted molar refractivity (Wildman–Crippen MR) is 73.0 cm³/mol. The molecule has 0 radical (unpaired) electrons. The van der Waals surface area contributed by atoms with Gasteiger partial charge in [0.15, 0.2) is 11.5 Å². The number of fused-ring (bicyclic) bond motifs is 3. The van der Waals surface area contributed by atoms with Gasteiger partial charge in [-0.15, -0.1) is 0 Å². The van der Waals surface area contributed by atoms with Gasteiger partial charge in [-0.3, -0.25) is 0 Å². The lowest BCUT2D eigenvalue weighted by Crippen LogP contribution is -2.16. The summed E-state index contributed by atoms with van der Waals surface area (Å²) in [6.45, 7) is 2.01. The number of nitrogens with two attached hydrogens (primary N) is 1. The molecule has 0 bridgehead atoms. The first kappa shape index (κ1) is 11.7. The van der Waals surface area contributed by atoms with E-state index in [1.807, 2.05) is 6.07 Å². The summed E-state index contributed by atoms with van der Waals surface area (Å²) in [5.74, 6) is 1.99. The SMILES string of the molecule is Nc1ncnc2c3c(c(O[C@H]4CCOC4)cc12)OCC3. The Bertz CT molecular complexity index is 668. The molecule has 20 heavy (non-hydrogen) atoms. The monoisotopic (exact) mass is 273 g/mol. The fourth-order valence-electron chi connectivity index (χ4n) is 2.76. The Morgan fingerprint density at radius 1 is 1.30 bits per heavy atom. The van der Waals surface area contributed by atoms with Gasteiger partial charge in [-0.05, 0) is 6.07 Å². The van der Waals surface area contributed by atoms with Crippen LogP contribution in [0.5, 0.6) is 11.5 Å². The second-order valence-corrected chi connectivity index (χ2v) is 5.04. The summed E-state index contributed by atoms with van der Waals surface area (Å²) >= 11 is 0. The summed E-state index contributed by atoms with van der Waals surface area (Å²) in [4.78, 5) is 8.39. The Kier molecular flexibility index (Phi) is 2.63. The van der Waals surface area contributed by atoms with E-state index in [0.717, 1.165) is 47.4 Å². The molecular weight excluding hydrogens is 258 g/mol. The zero-order valence-corrected chi connectivity index (χ0v) is 11.0. The molecule has 0 aliphatic carbocycles. The minimum Gasteiger partial charge on any atom is -0.489 e. The van der Waals surface area contributed by atoms with E-state index in [9.17, 15) is 0 Å². The Morgan fingerprint density at radius 2 is 2.25 bits per heavy atom. The highest BCUT2D eigenvalue weighted by atomic mass is 16.6. The third-order valence-electron chi connectivity index (χ3n) is 3.75. The maximum absolute atomic E-state index is 6.02. The van der Waals surface area contributed by atoms with Gasteiger partial charge in [0.05, 0.1) is 25.3 Å². The summed E-state index contributed by atoms with van der Waals surface area (Å²) in [6, 6.07) is 1.88. The smallest absolute Gasteiger partial charge is 0.166 e. The molecule has 6 heteroatoms. The fourth-order valence-corrected chi connectivity index (χ4v) is 2.76. The molecule has 4 rings (SSSR count). The molecular formula is C14H15N3O3. The number of nitrogen functional groups attached to an aromatic ring is 1. The highest BCUT2D eigenvalue weighted by molar-refractivity contribution is 5.93. The zero-order chi connectivity index (χ0) is 13.5. The first-order valence-corrected chi connectivity index (χ1v) is 6.76. The molecule has 2 aliphatic rings. The van der Waals surface area contributed by atoms with Crippen molar-refractivity contribution in [3.63, 3.8) is 0 Å². The average Bonchev–Trinajstić information content (AvgIpc) is 3.10. The lowest BCUT2D eigenvalue weighted by atomic mass is 10.1. The average molecular weight is 273 g/mol. The largest absolute Gasteiger partial charge is 0.489 e. The molecule has 2 aliphatic heterocycles. The van der Waals surface area contributed by atoms with Crippen molar-refractivity contribution in [3.05, 3.63) is 18.0 Å². The van der Waals surface area contributed by atoms with Crippen LogP contribution >= 0.6 is 0 Å². The molecule has 3 heterocycles. The molecule has 2 aromatic rings. The number of ether oxygens (including phenoxy) is 3. The molecule has 1 atom stereocenters. The summed E-state index contributed by atoms with van der Waals surface area (Å²) in [6.07, 6.45) is 3.28. The highest BCUT2D eigenvalue weighted by Crippen LogP contribution is 2.42. The molecule has 0 spiro atoms. The number of aromatic nitrogens is 2. The lowest BCUT2D eigenvalue weighted by molar-refractivity contribution is 0.138. The van der Waals surface area contributed by atoms with Gasteiger partial charge in [0.2, 0.25) is 0 Å². The number of nitrogens with zero attached hydrogens (tertiary/aromatic N) is 2. The third-order valence-corrected chi connectivity index (χ3v) is 3.75. The van der Waals surface area contributed by atoms with E-state index in [0.29, 0.717) is 19.0 Å². The molecule has 1 aromatic heterocycles. The highest BCUT2D eigenvalue weighted by Gasteiger charge is 2.26. The Morgan fingerprint density at radius 3 is 3.10 bits per heavy atom. The molecule has 1 fully saturated rings. The summed E-state index contributed by atoms with van der Waals surface area (Å²) in [5.41, 5.74) is 7.88. The maximum atomic E-state index is 6.02. The standard InChI is InChI=1S/C14H15N3O3/c15-14-10-5-11(20-8-1-3-18-6-8)13-9(2-4-19-13)12(10)16-7-17-14/h5,7-8H,1-4,6H2,(H2,15,16,17)/t8-/m0/s1. The predicted octanol–water partition coefficient (Wildman–Crippen LogP) is 1.31. The number of hydrogen-bond acceptors (Lipinski definition) is 6. The van der Waals surface area contributed by atoms with Crippen molar-refractivity contribution in [1.82, 2.24) is 9.97 Å². The van der Waals surface area contributed by atoms with Gasteiger partial charge in [-0.1, -0.05) is 0 Å². The van der Waals surface area contributed by atoms with Crippen molar-refractivity contribution >= 4 is 16.7 Å². The van der Waals surface area contributed by atoms with Crippen LogP contribution in [0.15, 0.2) is 12.4 Å². The molecule has 1 saturated heterocycles. The lowest BCUT2D eigenvalue weighted by Gasteiger charge is -2.16. The quantitative estimate of drug-likeness (QED) is 0.888. The molecule has 6 nitrogen and oxygen atoms in total. The van der Waals surface area contributed by atoms with Gasteiger partial charge < -0.3 is 19.9 Å². The summed E-state index contributed by atoms with van der Waals surface area (Å²) in [7, 11) is 0. The van der Waals surface area contributed by atoms with E-state index in [1.54, 1.807) is 0 Å². The van der Waals surface area contributed by atoms with Crippen LogP contribution in [0.2, 0.25) is 0 Å². The van der Waals surface area contributed by atoms with E-state index >= 15 is 0 Å². The van der Waals surface area contributed by atoms with Crippen LogP contribution in [0.25, 0.3) is 10.9 Å². The van der Waals surface area contributed by atoms with Gasteiger partial charge in [-0.2, -0.15) is 0 Å². The van der Waals surface area contributed by atoms with Crippen LogP contribution in [0, 0.1) is 0 Å². The Balaban J connectivity index is 1.85. The second-order valence-electron chi connectivity index (χ2n) is 5.04. The van der Waals surface area contributed by atoms with Crippen molar-refractivity contribution in [2.24, 2.45) is 0 Å². The number of anilines is 1. The van der Waals surface area contributed by atoms with Crippen LogP contribution in [-0.4, -0.2) is 35.9 Å². The van der Waals surface area contributed by atoms with E-state index in [1.165, 1.54) is 6.33 Å². The number of hydrogen-bond donors (Lipinski definition) is 1. The van der Waals surface area contributed by atoms with Gasteiger partial charge in [0.25, 0.3) is 0 Å². The summed E-state index contributed by atoms with van der Waals surface area (Å²) < 4.78 is 17.1. The number of rotatable bonds is 2. The Labute approximate surface area is 115 Å². The topological polar surface area (TPSA) is 79.5 Å². The van der Waals surface area contributed by atoms with Crippen LogP contribution < -0.4 is 15.2 Å². The zero-order valence-electron chi connectivity index (χ0n) is 11.0. The number of benzene rings is 1. The molecule has 2 N–H and O–H groups in total. The molecule has 0 saturated carbocycles. The maximum Gasteiger partial charge on any atom is 0.166 e. The third kappa shape index (κ3) is 1.76. The fraction of sp³-hybridized carbons (Fsp3) is 0.429. The molecule has 1 aromatic carbocycles. The molecule has 104 valence electrons. The van der Waals surface area contributed by atoms with Crippen molar-refractivity contribution in [2.45, 2.75) is 18.9 Å². The van der Waals surface area contributed by atoms with Crippen molar-refractivity contribution < 1.29 is 14.2 Å². The molecule has 0 amide bonds. The minimum atomic E-state index is 0.0756. The van der Waals surface area contributed by atoms with Gasteiger partial charge >= 0.3 is 0 Å². The van der Waals surface area contributed by atoms with Crippen molar-refractivity contribution in [3.8, 4) is 11.5 Å². The van der Waals surface area contributed by atoms with E-state index in [4.69, 9.17) is 19.9 Å². The van der Waals surface area contributed by atoms with Gasteiger partial charge in [0, 0.05) is 23.8 Å². The van der Waals surface area contributed by atoms with Crippen LogP contribution in [0.1, 0.15) is 12.0 Å². The van der Waals surface area contributed by atoms with Crippen LogP contribution in [0.3, 0.4) is 0 Å². The molecule has 0 unspecified atom stereocenters. The van der Waals surface area contributed by atoms with Crippen LogP contribution in [0.4, 0.5) is 5.82 Å². The van der Waals surface area contributed by atoms with E-state index < -0.39 is 0 Å². The van der Waals surface area contributed by atoms with E-state index in [-0.39, 0.29) is 6.10 Å². The first-order valence-electron chi connectivity index (χ1n) is 6.76.